The number of aromatic nitrogens is 3. The van der Waals surface area contributed by atoms with Crippen LogP contribution in [0.5, 0.6) is 0 Å². The lowest BCUT2D eigenvalue weighted by Gasteiger charge is -2.26. The number of piperidine rings is 1. The predicted molar refractivity (Wildman–Crippen MR) is 112 cm³/mol. The molecule has 0 amide bonds. The van der Waals surface area contributed by atoms with Gasteiger partial charge in [-0.2, -0.15) is 0 Å². The number of hydrogen-bond donors (Lipinski definition) is 2. The molecule has 2 N–H and O–H groups in total. The molecule has 0 saturated carbocycles. The number of halogens is 1. The molecule has 25 heavy (non-hydrogen) atoms. The van der Waals surface area contributed by atoms with Crippen LogP contribution in [0.4, 0.5) is 0 Å². The zero-order chi connectivity index (χ0) is 16.6. The van der Waals surface area contributed by atoms with Crippen molar-refractivity contribution >= 4 is 35.6 Å². The maximum Gasteiger partial charge on any atom is 0.191 e. The second-order valence-electron chi connectivity index (χ2n) is 6.12. The minimum Gasteiger partial charge on any atom is -0.356 e. The van der Waals surface area contributed by atoms with Crippen LogP contribution < -0.4 is 10.6 Å². The number of nitrogens with one attached hydrogen (secondary N) is 2. The highest BCUT2D eigenvalue weighted by Crippen LogP contribution is 2.07. The molecule has 0 radical (unpaired) electrons. The average molecular weight is 457 g/mol. The maximum absolute atomic E-state index is 4.28. The molecule has 0 unspecified atom stereocenters. The largest absolute Gasteiger partial charge is 0.356 e. The summed E-state index contributed by atoms with van der Waals surface area (Å²) >= 11 is 0. The van der Waals surface area contributed by atoms with Gasteiger partial charge in [-0.3, -0.25) is 9.39 Å². The Hall–Kier alpha value is -1.42. The van der Waals surface area contributed by atoms with Gasteiger partial charge in [0.15, 0.2) is 11.6 Å². The first-order chi connectivity index (χ1) is 11.9. The van der Waals surface area contributed by atoms with Gasteiger partial charge in [-0.1, -0.05) is 12.5 Å². The number of rotatable bonds is 6. The zero-order valence-electron chi connectivity index (χ0n) is 14.8. The van der Waals surface area contributed by atoms with Crippen LogP contribution in [0.1, 0.15) is 25.1 Å². The highest BCUT2D eigenvalue weighted by atomic mass is 127. The third-order valence-corrected chi connectivity index (χ3v) is 4.42. The fourth-order valence-corrected chi connectivity index (χ4v) is 3.09. The van der Waals surface area contributed by atoms with Crippen molar-refractivity contribution in [1.82, 2.24) is 30.1 Å². The van der Waals surface area contributed by atoms with Crippen LogP contribution >= 0.6 is 24.0 Å². The molecule has 0 aliphatic carbocycles. The average Bonchev–Trinajstić information content (AvgIpc) is 3.04. The molecule has 8 heteroatoms. The number of nitrogens with zero attached hydrogens (tertiary/aromatic N) is 5. The molecule has 138 valence electrons. The van der Waals surface area contributed by atoms with E-state index < -0.39 is 0 Å². The summed E-state index contributed by atoms with van der Waals surface area (Å²) in [5.74, 6) is 1.81. The first-order valence-corrected chi connectivity index (χ1v) is 8.82. The number of guanidine groups is 1. The molecular formula is C17H28IN7. The van der Waals surface area contributed by atoms with Gasteiger partial charge in [0.2, 0.25) is 0 Å². The van der Waals surface area contributed by atoms with Crippen LogP contribution in [0.3, 0.4) is 0 Å². The van der Waals surface area contributed by atoms with Crippen molar-refractivity contribution in [2.75, 3.05) is 39.8 Å². The molecule has 3 rings (SSSR count). The van der Waals surface area contributed by atoms with E-state index in [0.717, 1.165) is 43.5 Å². The Morgan fingerprint density at radius 2 is 1.92 bits per heavy atom. The fourth-order valence-electron chi connectivity index (χ4n) is 3.09. The second kappa shape index (κ2) is 10.5. The van der Waals surface area contributed by atoms with Crippen molar-refractivity contribution in [3.63, 3.8) is 0 Å². The summed E-state index contributed by atoms with van der Waals surface area (Å²) in [5.41, 5.74) is 0.886. The van der Waals surface area contributed by atoms with Gasteiger partial charge < -0.3 is 15.5 Å². The van der Waals surface area contributed by atoms with Crippen LogP contribution in [-0.2, 0) is 6.42 Å². The van der Waals surface area contributed by atoms with E-state index in [0.29, 0.717) is 0 Å². The summed E-state index contributed by atoms with van der Waals surface area (Å²) in [4.78, 5) is 6.80. The normalized spacial score (nSPS) is 15.8. The monoisotopic (exact) mass is 457 g/mol. The van der Waals surface area contributed by atoms with Gasteiger partial charge in [0.1, 0.15) is 5.82 Å². The van der Waals surface area contributed by atoms with E-state index in [9.17, 15) is 0 Å². The van der Waals surface area contributed by atoms with Crippen LogP contribution in [0.25, 0.3) is 5.65 Å². The summed E-state index contributed by atoms with van der Waals surface area (Å²) < 4.78 is 2.02. The molecule has 2 aromatic heterocycles. The Kier molecular flexibility index (Phi) is 8.39. The lowest BCUT2D eigenvalue weighted by Crippen LogP contribution is -2.43. The van der Waals surface area contributed by atoms with E-state index >= 15 is 0 Å². The molecule has 1 aliphatic rings. The van der Waals surface area contributed by atoms with Gasteiger partial charge in [0.05, 0.1) is 0 Å². The van der Waals surface area contributed by atoms with E-state index in [2.05, 4.69) is 30.7 Å². The number of pyridine rings is 1. The van der Waals surface area contributed by atoms with E-state index in [1.165, 1.54) is 32.4 Å². The van der Waals surface area contributed by atoms with Gasteiger partial charge in [-0.25, -0.2) is 0 Å². The third-order valence-electron chi connectivity index (χ3n) is 4.42. The molecule has 0 aromatic carbocycles. The van der Waals surface area contributed by atoms with Gasteiger partial charge in [0, 0.05) is 39.3 Å². The van der Waals surface area contributed by atoms with Gasteiger partial charge in [0.25, 0.3) is 0 Å². The predicted octanol–water partition coefficient (Wildman–Crippen LogP) is 1.54. The number of hydrogen-bond acceptors (Lipinski definition) is 4. The Morgan fingerprint density at radius 1 is 1.12 bits per heavy atom. The molecule has 0 spiro atoms. The van der Waals surface area contributed by atoms with Gasteiger partial charge >= 0.3 is 0 Å². The van der Waals surface area contributed by atoms with E-state index in [-0.39, 0.29) is 24.0 Å². The van der Waals surface area contributed by atoms with Crippen LogP contribution in [0, 0.1) is 0 Å². The van der Waals surface area contributed by atoms with E-state index in [1.54, 1.807) is 0 Å². The first-order valence-electron chi connectivity index (χ1n) is 8.82. The second-order valence-corrected chi connectivity index (χ2v) is 6.12. The standard InChI is InChI=1S/C17H27N7.HI/c1-18-17(20-10-14-23-11-4-2-5-12-23)19-9-8-16-22-21-15-7-3-6-13-24(15)16;/h3,6-7,13H,2,4-5,8-12,14H2,1H3,(H2,18,19,20);1H. The van der Waals surface area contributed by atoms with Gasteiger partial charge in [-0.15, -0.1) is 34.2 Å². The Labute approximate surface area is 166 Å². The Bertz CT molecular complexity index is 664. The zero-order valence-corrected chi connectivity index (χ0v) is 17.1. The summed E-state index contributed by atoms with van der Waals surface area (Å²) in [6.07, 6.45) is 6.84. The number of likely N-dealkylation sites (tertiary alicyclic amines) is 1. The number of fused-ring (bicyclic) bond motifs is 1. The van der Waals surface area contributed by atoms with Crippen molar-refractivity contribution in [3.8, 4) is 0 Å². The van der Waals surface area contributed by atoms with E-state index in [1.807, 2.05) is 35.8 Å². The van der Waals surface area contributed by atoms with Crippen molar-refractivity contribution in [2.24, 2.45) is 4.99 Å². The third kappa shape index (κ3) is 5.81. The molecule has 2 aromatic rings. The molecule has 3 heterocycles. The molecule has 0 bridgehead atoms. The summed E-state index contributed by atoms with van der Waals surface area (Å²) in [6, 6.07) is 5.93. The maximum atomic E-state index is 4.28. The Morgan fingerprint density at radius 3 is 2.72 bits per heavy atom. The molecule has 1 fully saturated rings. The summed E-state index contributed by atoms with van der Waals surface area (Å²) in [5, 5.41) is 15.2. The van der Waals surface area contributed by atoms with E-state index in [4.69, 9.17) is 0 Å². The van der Waals surface area contributed by atoms with Crippen molar-refractivity contribution in [3.05, 3.63) is 30.2 Å². The summed E-state index contributed by atoms with van der Waals surface area (Å²) in [6.45, 7) is 5.24. The van der Waals surface area contributed by atoms with Crippen molar-refractivity contribution in [2.45, 2.75) is 25.7 Å². The van der Waals surface area contributed by atoms with Crippen molar-refractivity contribution < 1.29 is 0 Å². The highest BCUT2D eigenvalue weighted by molar-refractivity contribution is 14.0. The number of aliphatic imine (C=N–C) groups is 1. The summed E-state index contributed by atoms with van der Waals surface area (Å²) in [7, 11) is 1.81. The lowest BCUT2D eigenvalue weighted by atomic mass is 10.1. The topological polar surface area (TPSA) is 69.8 Å². The SMILES string of the molecule is CN=C(NCCc1nnc2ccccn12)NCCN1CCCCC1.I. The molecule has 7 nitrogen and oxygen atoms in total. The van der Waals surface area contributed by atoms with Gasteiger partial charge in [-0.05, 0) is 38.1 Å². The minimum absolute atomic E-state index is 0. The van der Waals surface area contributed by atoms with Crippen LogP contribution in [0.2, 0.25) is 0 Å². The molecular weight excluding hydrogens is 429 g/mol. The van der Waals surface area contributed by atoms with Crippen molar-refractivity contribution in [1.29, 1.82) is 0 Å². The fraction of sp³-hybridized carbons (Fsp3) is 0.588. The lowest BCUT2D eigenvalue weighted by molar-refractivity contribution is 0.232. The quantitative estimate of drug-likeness (QED) is 0.392. The molecule has 1 aliphatic heterocycles. The van der Waals surface area contributed by atoms with Crippen LogP contribution in [0.15, 0.2) is 29.4 Å². The highest BCUT2D eigenvalue weighted by Gasteiger charge is 2.09. The van der Waals surface area contributed by atoms with Crippen LogP contribution in [-0.4, -0.2) is 65.2 Å². The molecule has 1 saturated heterocycles. The smallest absolute Gasteiger partial charge is 0.191 e. The Balaban J connectivity index is 0.00000225. The molecule has 0 atom stereocenters. The first kappa shape index (κ1) is 19.9. The minimum atomic E-state index is 0.